The molecule has 0 radical (unpaired) electrons. The van der Waals surface area contributed by atoms with E-state index in [9.17, 15) is 4.79 Å². The minimum absolute atomic E-state index is 0.00168. The third-order valence-corrected chi connectivity index (χ3v) is 4.12. The van der Waals surface area contributed by atoms with Crippen LogP contribution in [0.5, 0.6) is 0 Å². The van der Waals surface area contributed by atoms with Crippen LogP contribution >= 0.6 is 0 Å². The molecular weight excluding hydrogens is 254 g/mol. The van der Waals surface area contributed by atoms with E-state index < -0.39 is 0 Å². The molecule has 2 heterocycles. The first kappa shape index (κ1) is 13.1. The molecule has 1 amide bonds. The first-order valence-corrected chi connectivity index (χ1v) is 7.02. The Morgan fingerprint density at radius 3 is 2.75 bits per heavy atom. The van der Waals surface area contributed by atoms with Crippen LogP contribution < -0.4 is 0 Å². The number of hydrogen-bond acceptors (Lipinski definition) is 3. The fraction of sp³-hybridized carbons (Fsp3) is 0.467. The van der Waals surface area contributed by atoms with Crippen molar-refractivity contribution >= 4 is 16.8 Å². The fourth-order valence-electron chi connectivity index (χ4n) is 2.84. The van der Waals surface area contributed by atoms with Crippen LogP contribution in [0.25, 0.3) is 10.9 Å². The average molecular weight is 273 g/mol. The summed E-state index contributed by atoms with van der Waals surface area (Å²) < 4.78 is 1.75. The normalized spacial score (nSPS) is 16.8. The summed E-state index contributed by atoms with van der Waals surface area (Å²) in [4.78, 5) is 14.5. The highest BCUT2D eigenvalue weighted by Crippen LogP contribution is 2.22. The van der Waals surface area contributed by atoms with Crippen molar-refractivity contribution in [1.29, 1.82) is 0 Å². The first-order valence-electron chi connectivity index (χ1n) is 7.02. The van der Waals surface area contributed by atoms with E-state index in [2.05, 4.69) is 5.10 Å². The standard InChI is InChI=1S/C15H19N3O2/c1-17-13-5-3-2-4-12(13)14(16-17)15(20)18-8-6-11(10-19)7-9-18/h2-5,11,19H,6-10H2,1H3. The van der Waals surface area contributed by atoms with Gasteiger partial charge in [-0.3, -0.25) is 9.48 Å². The molecule has 0 unspecified atom stereocenters. The zero-order valence-electron chi connectivity index (χ0n) is 11.6. The number of carbonyl (C=O) groups is 1. The molecule has 20 heavy (non-hydrogen) atoms. The van der Waals surface area contributed by atoms with Crippen molar-refractivity contribution in [3.05, 3.63) is 30.0 Å². The van der Waals surface area contributed by atoms with Crippen LogP contribution in [0.15, 0.2) is 24.3 Å². The number of rotatable bonds is 2. The number of amides is 1. The Hall–Kier alpha value is -1.88. The topological polar surface area (TPSA) is 58.4 Å². The molecule has 2 aromatic rings. The second kappa shape index (κ2) is 5.25. The third kappa shape index (κ3) is 2.18. The van der Waals surface area contributed by atoms with Crippen LogP contribution in [-0.4, -0.2) is 45.4 Å². The van der Waals surface area contributed by atoms with Crippen molar-refractivity contribution in [2.45, 2.75) is 12.8 Å². The van der Waals surface area contributed by atoms with Gasteiger partial charge in [-0.15, -0.1) is 0 Å². The minimum Gasteiger partial charge on any atom is -0.396 e. The highest BCUT2D eigenvalue weighted by atomic mass is 16.3. The number of aryl methyl sites for hydroxylation is 1. The molecule has 0 saturated carbocycles. The number of hydrogen-bond donors (Lipinski definition) is 1. The van der Waals surface area contributed by atoms with E-state index in [1.54, 1.807) is 4.68 Å². The molecule has 5 heteroatoms. The molecule has 106 valence electrons. The molecule has 0 spiro atoms. The highest BCUT2D eigenvalue weighted by molar-refractivity contribution is 6.04. The lowest BCUT2D eigenvalue weighted by Gasteiger charge is -2.30. The zero-order valence-corrected chi connectivity index (χ0v) is 11.6. The second-order valence-electron chi connectivity index (χ2n) is 5.41. The maximum atomic E-state index is 12.6. The molecule has 1 saturated heterocycles. The lowest BCUT2D eigenvalue weighted by molar-refractivity contribution is 0.0646. The number of fused-ring (bicyclic) bond motifs is 1. The summed E-state index contributed by atoms with van der Waals surface area (Å²) in [6, 6.07) is 7.79. The summed E-state index contributed by atoms with van der Waals surface area (Å²) in [7, 11) is 1.86. The first-order chi connectivity index (χ1) is 9.70. The van der Waals surface area contributed by atoms with E-state index in [1.165, 1.54) is 0 Å². The van der Waals surface area contributed by atoms with Gasteiger partial charge in [-0.2, -0.15) is 5.10 Å². The minimum atomic E-state index is -0.00168. The van der Waals surface area contributed by atoms with Gasteiger partial charge >= 0.3 is 0 Å². The van der Waals surface area contributed by atoms with E-state index >= 15 is 0 Å². The summed E-state index contributed by atoms with van der Waals surface area (Å²) >= 11 is 0. The Bertz CT molecular complexity index is 627. The van der Waals surface area contributed by atoms with Crippen LogP contribution in [-0.2, 0) is 7.05 Å². The monoisotopic (exact) mass is 273 g/mol. The number of para-hydroxylation sites is 1. The molecule has 0 bridgehead atoms. The van der Waals surface area contributed by atoms with Gasteiger partial charge < -0.3 is 10.0 Å². The Morgan fingerprint density at radius 1 is 1.35 bits per heavy atom. The van der Waals surface area contributed by atoms with E-state index in [-0.39, 0.29) is 12.5 Å². The highest BCUT2D eigenvalue weighted by Gasteiger charge is 2.26. The molecule has 1 aromatic carbocycles. The largest absolute Gasteiger partial charge is 0.396 e. The van der Waals surface area contributed by atoms with Gasteiger partial charge in [0.15, 0.2) is 5.69 Å². The molecule has 1 N–H and O–H groups in total. The number of aromatic nitrogens is 2. The van der Waals surface area contributed by atoms with Crippen LogP contribution in [0, 0.1) is 5.92 Å². The lowest BCUT2D eigenvalue weighted by atomic mass is 9.97. The number of benzene rings is 1. The molecule has 1 fully saturated rings. The number of carbonyl (C=O) groups excluding carboxylic acids is 1. The van der Waals surface area contributed by atoms with Crippen molar-refractivity contribution < 1.29 is 9.90 Å². The SMILES string of the molecule is Cn1nc(C(=O)N2CCC(CO)CC2)c2ccccc21. The Morgan fingerprint density at radius 2 is 2.05 bits per heavy atom. The van der Waals surface area contributed by atoms with Crippen molar-refractivity contribution in [2.75, 3.05) is 19.7 Å². The van der Waals surface area contributed by atoms with E-state index in [1.807, 2.05) is 36.2 Å². The van der Waals surface area contributed by atoms with Crippen LogP contribution in [0.1, 0.15) is 23.3 Å². The summed E-state index contributed by atoms with van der Waals surface area (Å²) in [6.07, 6.45) is 1.74. The molecule has 1 aliphatic rings. The predicted octanol–water partition coefficient (Wildman–Crippen LogP) is 1.42. The number of piperidine rings is 1. The molecule has 0 aliphatic carbocycles. The van der Waals surface area contributed by atoms with Crippen LogP contribution in [0.2, 0.25) is 0 Å². The Kier molecular flexibility index (Phi) is 3.44. The summed E-state index contributed by atoms with van der Waals surface area (Å²) in [5.74, 6) is 0.331. The summed E-state index contributed by atoms with van der Waals surface area (Å²) in [5, 5.41) is 14.4. The number of likely N-dealkylation sites (tertiary alicyclic amines) is 1. The van der Waals surface area contributed by atoms with Crippen molar-refractivity contribution in [1.82, 2.24) is 14.7 Å². The predicted molar refractivity (Wildman–Crippen MR) is 76.4 cm³/mol. The summed E-state index contributed by atoms with van der Waals surface area (Å²) in [6.45, 7) is 1.62. The van der Waals surface area contributed by atoms with Gasteiger partial charge in [0.1, 0.15) is 0 Å². The lowest BCUT2D eigenvalue weighted by Crippen LogP contribution is -2.39. The van der Waals surface area contributed by atoms with Gasteiger partial charge in [0.05, 0.1) is 5.52 Å². The van der Waals surface area contributed by atoms with Gasteiger partial charge in [0, 0.05) is 32.1 Å². The van der Waals surface area contributed by atoms with Gasteiger partial charge in [-0.05, 0) is 24.8 Å². The van der Waals surface area contributed by atoms with Gasteiger partial charge in [-0.1, -0.05) is 18.2 Å². The second-order valence-corrected chi connectivity index (χ2v) is 5.41. The molecule has 1 aromatic heterocycles. The maximum absolute atomic E-state index is 12.6. The molecule has 5 nitrogen and oxygen atoms in total. The fourth-order valence-corrected chi connectivity index (χ4v) is 2.84. The van der Waals surface area contributed by atoms with Gasteiger partial charge in [-0.25, -0.2) is 0 Å². The van der Waals surface area contributed by atoms with Gasteiger partial charge in [0.2, 0.25) is 0 Å². The smallest absolute Gasteiger partial charge is 0.275 e. The average Bonchev–Trinajstić information content (AvgIpc) is 2.84. The quantitative estimate of drug-likeness (QED) is 0.900. The van der Waals surface area contributed by atoms with Crippen molar-refractivity contribution in [3.63, 3.8) is 0 Å². The van der Waals surface area contributed by atoms with E-state index in [4.69, 9.17) is 5.11 Å². The molecule has 3 rings (SSSR count). The molecule has 1 aliphatic heterocycles. The van der Waals surface area contributed by atoms with E-state index in [0.29, 0.717) is 24.7 Å². The maximum Gasteiger partial charge on any atom is 0.275 e. The number of aliphatic hydroxyl groups excluding tert-OH is 1. The van der Waals surface area contributed by atoms with Crippen LogP contribution in [0.4, 0.5) is 0 Å². The van der Waals surface area contributed by atoms with Crippen LogP contribution in [0.3, 0.4) is 0 Å². The summed E-state index contributed by atoms with van der Waals surface area (Å²) in [5.41, 5.74) is 1.51. The zero-order chi connectivity index (χ0) is 14.1. The van der Waals surface area contributed by atoms with E-state index in [0.717, 1.165) is 23.7 Å². The Balaban J connectivity index is 1.86. The van der Waals surface area contributed by atoms with Crippen molar-refractivity contribution in [3.8, 4) is 0 Å². The number of aliphatic hydroxyl groups is 1. The molecular formula is C15H19N3O2. The molecule has 0 atom stereocenters. The number of nitrogens with zero attached hydrogens (tertiary/aromatic N) is 3. The van der Waals surface area contributed by atoms with Gasteiger partial charge in [0.25, 0.3) is 5.91 Å². The van der Waals surface area contributed by atoms with Crippen molar-refractivity contribution in [2.24, 2.45) is 13.0 Å². The third-order valence-electron chi connectivity index (χ3n) is 4.12. The Labute approximate surface area is 117 Å².